The highest BCUT2D eigenvalue weighted by molar-refractivity contribution is 7.89. The molecule has 1 aliphatic rings. The van der Waals surface area contributed by atoms with Crippen molar-refractivity contribution in [2.75, 3.05) is 20.1 Å². The summed E-state index contributed by atoms with van der Waals surface area (Å²) >= 11 is 0. The van der Waals surface area contributed by atoms with Gasteiger partial charge in [0.15, 0.2) is 28.2 Å². The van der Waals surface area contributed by atoms with Gasteiger partial charge in [0.1, 0.15) is 0 Å². The Kier molecular flexibility index (Phi) is 6.19. The van der Waals surface area contributed by atoms with E-state index in [0.29, 0.717) is 25.9 Å². The van der Waals surface area contributed by atoms with Gasteiger partial charge in [0.25, 0.3) is 0 Å². The van der Waals surface area contributed by atoms with Gasteiger partial charge in [0, 0.05) is 19.2 Å². The number of hydrogen-bond acceptors (Lipinski definition) is 3. The molecule has 0 amide bonds. The quantitative estimate of drug-likeness (QED) is 0.661. The van der Waals surface area contributed by atoms with Gasteiger partial charge in [0.2, 0.25) is 10.0 Å². The van der Waals surface area contributed by atoms with E-state index in [1.807, 2.05) is 0 Å². The van der Waals surface area contributed by atoms with Crippen LogP contribution in [0.2, 0.25) is 0 Å². The minimum absolute atomic E-state index is 0. The van der Waals surface area contributed by atoms with Crippen LogP contribution in [0.1, 0.15) is 12.8 Å². The Bertz CT molecular complexity index is 625. The van der Waals surface area contributed by atoms with Crippen LogP contribution >= 0.6 is 12.4 Å². The Morgan fingerprint density at radius 1 is 1.09 bits per heavy atom. The number of piperidine rings is 1. The van der Waals surface area contributed by atoms with Crippen LogP contribution in [-0.4, -0.2) is 38.9 Å². The summed E-state index contributed by atoms with van der Waals surface area (Å²) in [5.74, 6) is -7.30. The van der Waals surface area contributed by atoms with E-state index in [9.17, 15) is 26.0 Å². The van der Waals surface area contributed by atoms with Crippen LogP contribution in [-0.2, 0) is 10.0 Å². The van der Waals surface area contributed by atoms with Crippen molar-refractivity contribution in [2.24, 2.45) is 0 Å². The maximum absolute atomic E-state index is 13.7. The summed E-state index contributed by atoms with van der Waals surface area (Å²) in [6.45, 7) is 1.10. The lowest BCUT2D eigenvalue weighted by Gasteiger charge is -2.31. The smallest absolute Gasteiger partial charge is 0.249 e. The standard InChI is InChI=1S/C12H14F4N2O2S.ClH/c1-18(7-2-4-17-5-3-7)21(19,20)12-10(15)8(13)6-9(14)11(12)16;/h6-7,17H,2-5H2,1H3;1H. The first kappa shape index (κ1) is 19.1. The summed E-state index contributed by atoms with van der Waals surface area (Å²) in [7, 11) is -3.52. The second-order valence-electron chi connectivity index (χ2n) is 4.80. The van der Waals surface area contributed by atoms with E-state index in [-0.39, 0.29) is 18.5 Å². The molecule has 1 fully saturated rings. The average Bonchev–Trinajstić information content (AvgIpc) is 2.45. The van der Waals surface area contributed by atoms with Crippen molar-refractivity contribution < 1.29 is 26.0 Å². The molecule has 1 aliphatic heterocycles. The van der Waals surface area contributed by atoms with Crippen molar-refractivity contribution in [2.45, 2.75) is 23.8 Å². The molecule has 0 spiro atoms. The number of rotatable bonds is 3. The van der Waals surface area contributed by atoms with E-state index in [4.69, 9.17) is 0 Å². The first-order chi connectivity index (χ1) is 9.76. The van der Waals surface area contributed by atoms with Gasteiger partial charge in [-0.25, -0.2) is 26.0 Å². The topological polar surface area (TPSA) is 49.4 Å². The molecular formula is C12H15ClF4N2O2S. The molecule has 1 heterocycles. The molecule has 1 N–H and O–H groups in total. The second-order valence-corrected chi connectivity index (χ2v) is 6.73. The molecule has 0 aliphatic carbocycles. The first-order valence-corrected chi connectivity index (χ1v) is 7.72. The number of nitrogens with one attached hydrogen (secondary N) is 1. The van der Waals surface area contributed by atoms with Gasteiger partial charge < -0.3 is 5.32 Å². The van der Waals surface area contributed by atoms with Gasteiger partial charge >= 0.3 is 0 Å². The number of benzene rings is 1. The molecule has 0 atom stereocenters. The Morgan fingerprint density at radius 3 is 2.00 bits per heavy atom. The highest BCUT2D eigenvalue weighted by Gasteiger charge is 2.36. The van der Waals surface area contributed by atoms with Gasteiger partial charge in [-0.05, 0) is 25.9 Å². The van der Waals surface area contributed by atoms with Crippen molar-refractivity contribution in [1.29, 1.82) is 0 Å². The molecule has 1 aromatic rings. The fourth-order valence-electron chi connectivity index (χ4n) is 2.29. The summed E-state index contributed by atoms with van der Waals surface area (Å²) in [6.07, 6.45) is 0.882. The van der Waals surface area contributed by atoms with Crippen molar-refractivity contribution in [1.82, 2.24) is 9.62 Å². The van der Waals surface area contributed by atoms with Crippen molar-refractivity contribution in [3.63, 3.8) is 0 Å². The Balaban J connectivity index is 0.00000242. The molecule has 0 aromatic heterocycles. The molecule has 2 rings (SSSR count). The first-order valence-electron chi connectivity index (χ1n) is 6.28. The van der Waals surface area contributed by atoms with E-state index in [1.54, 1.807) is 0 Å². The van der Waals surface area contributed by atoms with Crippen LogP contribution in [0, 0.1) is 23.3 Å². The lowest BCUT2D eigenvalue weighted by molar-refractivity contribution is 0.293. The van der Waals surface area contributed by atoms with Gasteiger partial charge in [-0.1, -0.05) is 0 Å². The van der Waals surface area contributed by atoms with Crippen LogP contribution in [0.15, 0.2) is 11.0 Å². The van der Waals surface area contributed by atoms with Crippen molar-refractivity contribution >= 4 is 22.4 Å². The van der Waals surface area contributed by atoms with Crippen LogP contribution in [0.5, 0.6) is 0 Å². The summed E-state index contributed by atoms with van der Waals surface area (Å²) in [4.78, 5) is -1.58. The Morgan fingerprint density at radius 2 is 1.55 bits per heavy atom. The lowest BCUT2D eigenvalue weighted by Crippen LogP contribution is -2.44. The Labute approximate surface area is 132 Å². The molecule has 1 aromatic carbocycles. The van der Waals surface area contributed by atoms with E-state index >= 15 is 0 Å². The van der Waals surface area contributed by atoms with Gasteiger partial charge in [-0.3, -0.25) is 0 Å². The summed E-state index contributed by atoms with van der Waals surface area (Å²) in [6, 6.07) is -0.504. The monoisotopic (exact) mass is 362 g/mol. The van der Waals surface area contributed by atoms with E-state index in [0.717, 1.165) is 11.4 Å². The van der Waals surface area contributed by atoms with E-state index < -0.39 is 44.2 Å². The number of halogens is 5. The SMILES string of the molecule is CN(C1CCNCC1)S(=O)(=O)c1c(F)c(F)cc(F)c1F.Cl. The zero-order valence-electron chi connectivity index (χ0n) is 11.6. The maximum Gasteiger partial charge on any atom is 0.249 e. The third kappa shape index (κ3) is 3.37. The van der Waals surface area contributed by atoms with Crippen LogP contribution < -0.4 is 5.32 Å². The largest absolute Gasteiger partial charge is 0.317 e. The third-order valence-electron chi connectivity index (χ3n) is 3.53. The molecule has 4 nitrogen and oxygen atoms in total. The van der Waals surface area contributed by atoms with Crippen LogP contribution in [0.3, 0.4) is 0 Å². The van der Waals surface area contributed by atoms with Crippen LogP contribution in [0.4, 0.5) is 17.6 Å². The van der Waals surface area contributed by atoms with E-state index in [1.165, 1.54) is 0 Å². The predicted molar refractivity (Wildman–Crippen MR) is 74.4 cm³/mol. The zero-order valence-corrected chi connectivity index (χ0v) is 13.2. The maximum atomic E-state index is 13.7. The number of nitrogens with zero attached hydrogens (tertiary/aromatic N) is 1. The highest BCUT2D eigenvalue weighted by Crippen LogP contribution is 2.28. The normalized spacial score (nSPS) is 16.6. The molecular weight excluding hydrogens is 348 g/mol. The number of hydrogen-bond donors (Lipinski definition) is 1. The summed E-state index contributed by atoms with van der Waals surface area (Å²) < 4.78 is 79.0. The minimum Gasteiger partial charge on any atom is -0.317 e. The number of sulfonamides is 1. The second kappa shape index (κ2) is 7.12. The lowest BCUT2D eigenvalue weighted by atomic mass is 10.1. The van der Waals surface area contributed by atoms with Crippen molar-refractivity contribution in [3.8, 4) is 0 Å². The van der Waals surface area contributed by atoms with Gasteiger partial charge in [-0.15, -0.1) is 12.4 Å². The van der Waals surface area contributed by atoms with Gasteiger partial charge in [0.05, 0.1) is 0 Å². The van der Waals surface area contributed by atoms with Gasteiger partial charge in [-0.2, -0.15) is 4.31 Å². The zero-order chi connectivity index (χ0) is 15.8. The Hall–Kier alpha value is -0.900. The van der Waals surface area contributed by atoms with Crippen molar-refractivity contribution in [3.05, 3.63) is 29.3 Å². The molecule has 126 valence electrons. The molecule has 1 saturated heterocycles. The third-order valence-corrected chi connectivity index (χ3v) is 5.46. The fourth-order valence-corrected chi connectivity index (χ4v) is 3.83. The molecule has 0 unspecified atom stereocenters. The average molecular weight is 363 g/mol. The minimum atomic E-state index is -4.67. The van der Waals surface area contributed by atoms with E-state index in [2.05, 4.69) is 5.32 Å². The molecule has 0 bridgehead atoms. The predicted octanol–water partition coefficient (Wildman–Crippen LogP) is 2.04. The summed E-state index contributed by atoms with van der Waals surface area (Å²) in [5, 5.41) is 3.01. The molecule has 22 heavy (non-hydrogen) atoms. The molecule has 0 radical (unpaired) electrons. The summed E-state index contributed by atoms with van der Waals surface area (Å²) in [5.41, 5.74) is 0. The fraction of sp³-hybridized carbons (Fsp3) is 0.500. The molecule has 0 saturated carbocycles. The molecule has 10 heteroatoms. The highest BCUT2D eigenvalue weighted by atomic mass is 35.5. The van der Waals surface area contributed by atoms with Crippen LogP contribution in [0.25, 0.3) is 0 Å².